The number of hydrogen-bond donors (Lipinski definition) is 1. The Labute approximate surface area is 75.8 Å². The Hall–Kier alpha value is -1.16. The lowest BCUT2D eigenvalue weighted by molar-refractivity contribution is 0.280. The van der Waals surface area contributed by atoms with Gasteiger partial charge in [0.25, 0.3) is 0 Å². The van der Waals surface area contributed by atoms with Gasteiger partial charge in [-0.05, 0) is 12.5 Å². The summed E-state index contributed by atoms with van der Waals surface area (Å²) in [4.78, 5) is 5.99. The van der Waals surface area contributed by atoms with Crippen LogP contribution in [-0.4, -0.2) is 23.2 Å². The zero-order chi connectivity index (χ0) is 9.26. The Kier molecular flexibility index (Phi) is 2.14. The molecule has 3 nitrogen and oxygen atoms in total. The van der Waals surface area contributed by atoms with Crippen LogP contribution in [0, 0.1) is 5.82 Å². The number of aliphatic hydroxyl groups is 1. The zero-order valence-electron chi connectivity index (χ0n) is 7.20. The van der Waals surface area contributed by atoms with E-state index >= 15 is 0 Å². The minimum absolute atomic E-state index is 0.156. The molecule has 70 valence electrons. The van der Waals surface area contributed by atoms with E-state index in [1.165, 1.54) is 12.3 Å². The summed E-state index contributed by atoms with van der Waals surface area (Å²) in [6, 6.07) is 1.33. The van der Waals surface area contributed by atoms with E-state index in [9.17, 15) is 4.39 Å². The van der Waals surface area contributed by atoms with Gasteiger partial charge >= 0.3 is 0 Å². The molecule has 13 heavy (non-hydrogen) atoms. The maximum atomic E-state index is 12.7. The summed E-state index contributed by atoms with van der Waals surface area (Å²) in [6.07, 6.45) is 2.33. The van der Waals surface area contributed by atoms with Crippen molar-refractivity contribution >= 4 is 5.82 Å². The molecule has 4 heteroatoms. The summed E-state index contributed by atoms with van der Waals surface area (Å²) in [5, 5.41) is 8.98. The van der Waals surface area contributed by atoms with Crippen LogP contribution in [0.15, 0.2) is 12.3 Å². The molecule has 0 aliphatic carbocycles. The molecule has 2 rings (SSSR count). The summed E-state index contributed by atoms with van der Waals surface area (Å²) in [5.74, 6) is 0.323. The number of anilines is 1. The van der Waals surface area contributed by atoms with Crippen LogP contribution in [0.5, 0.6) is 0 Å². The molecule has 0 amide bonds. The minimum Gasteiger partial charge on any atom is -0.392 e. The van der Waals surface area contributed by atoms with E-state index in [-0.39, 0.29) is 6.61 Å². The maximum absolute atomic E-state index is 12.7. The van der Waals surface area contributed by atoms with E-state index < -0.39 is 5.82 Å². The SMILES string of the molecule is OCc1cc(F)cnc1N1CCC1. The van der Waals surface area contributed by atoms with Crippen molar-refractivity contribution in [3.05, 3.63) is 23.6 Å². The van der Waals surface area contributed by atoms with Crippen molar-refractivity contribution < 1.29 is 9.50 Å². The van der Waals surface area contributed by atoms with Crippen molar-refractivity contribution in [2.45, 2.75) is 13.0 Å². The number of hydrogen-bond acceptors (Lipinski definition) is 3. The molecule has 2 heterocycles. The van der Waals surface area contributed by atoms with Crippen LogP contribution >= 0.6 is 0 Å². The topological polar surface area (TPSA) is 36.4 Å². The van der Waals surface area contributed by atoms with Gasteiger partial charge in [-0.25, -0.2) is 9.37 Å². The second-order valence-corrected chi connectivity index (χ2v) is 3.13. The first-order valence-electron chi connectivity index (χ1n) is 4.31. The van der Waals surface area contributed by atoms with Crippen LogP contribution in [0.2, 0.25) is 0 Å². The van der Waals surface area contributed by atoms with Crippen molar-refractivity contribution in [2.75, 3.05) is 18.0 Å². The Balaban J connectivity index is 2.32. The highest BCUT2D eigenvalue weighted by atomic mass is 19.1. The Morgan fingerprint density at radius 1 is 1.54 bits per heavy atom. The van der Waals surface area contributed by atoms with Crippen LogP contribution in [-0.2, 0) is 6.61 Å². The van der Waals surface area contributed by atoms with Crippen LogP contribution < -0.4 is 4.90 Å². The van der Waals surface area contributed by atoms with Crippen LogP contribution in [0.3, 0.4) is 0 Å². The van der Waals surface area contributed by atoms with Gasteiger partial charge in [0.2, 0.25) is 0 Å². The highest BCUT2D eigenvalue weighted by Crippen LogP contribution is 2.22. The normalized spacial score (nSPS) is 15.7. The predicted molar refractivity (Wildman–Crippen MR) is 46.9 cm³/mol. The molecule has 0 bridgehead atoms. The second-order valence-electron chi connectivity index (χ2n) is 3.13. The van der Waals surface area contributed by atoms with Crippen LogP contribution in [0.1, 0.15) is 12.0 Å². The molecular weight excluding hydrogens is 171 g/mol. The quantitative estimate of drug-likeness (QED) is 0.739. The molecular formula is C9H11FN2O. The number of aliphatic hydroxyl groups excluding tert-OH is 1. The fourth-order valence-corrected chi connectivity index (χ4v) is 1.40. The average Bonchev–Trinajstić information content (AvgIpc) is 2.05. The van der Waals surface area contributed by atoms with E-state index in [4.69, 9.17) is 5.11 Å². The van der Waals surface area contributed by atoms with Gasteiger partial charge in [-0.1, -0.05) is 0 Å². The fraction of sp³-hybridized carbons (Fsp3) is 0.444. The summed E-state index contributed by atoms with van der Waals surface area (Å²) in [5.41, 5.74) is 0.569. The van der Waals surface area contributed by atoms with E-state index in [2.05, 4.69) is 4.98 Å². The molecule has 0 aromatic carbocycles. The molecule has 0 saturated carbocycles. The summed E-state index contributed by atoms with van der Waals surface area (Å²) >= 11 is 0. The molecule has 0 atom stereocenters. The number of aromatic nitrogens is 1. The summed E-state index contributed by atoms with van der Waals surface area (Å²) in [6.45, 7) is 1.74. The molecule has 1 aliphatic rings. The predicted octanol–water partition coefficient (Wildman–Crippen LogP) is 0.923. The van der Waals surface area contributed by atoms with Gasteiger partial charge in [-0.3, -0.25) is 0 Å². The molecule has 0 spiro atoms. The van der Waals surface area contributed by atoms with Gasteiger partial charge < -0.3 is 10.0 Å². The molecule has 1 aromatic heterocycles. The van der Waals surface area contributed by atoms with Crippen molar-refractivity contribution in [3.63, 3.8) is 0 Å². The Morgan fingerprint density at radius 3 is 2.85 bits per heavy atom. The van der Waals surface area contributed by atoms with E-state index in [1.54, 1.807) is 0 Å². The van der Waals surface area contributed by atoms with Gasteiger partial charge in [0, 0.05) is 18.7 Å². The third kappa shape index (κ3) is 1.49. The standard InChI is InChI=1S/C9H11FN2O/c10-8-4-7(6-13)9(11-5-8)12-2-1-3-12/h4-5,13H,1-3,6H2. The monoisotopic (exact) mass is 182 g/mol. The average molecular weight is 182 g/mol. The molecule has 1 saturated heterocycles. The zero-order valence-corrected chi connectivity index (χ0v) is 7.20. The molecule has 1 aliphatic heterocycles. The van der Waals surface area contributed by atoms with Crippen molar-refractivity contribution in [1.29, 1.82) is 0 Å². The van der Waals surface area contributed by atoms with Gasteiger partial charge in [0.1, 0.15) is 11.6 Å². The molecule has 1 aromatic rings. The van der Waals surface area contributed by atoms with E-state index in [1.807, 2.05) is 4.90 Å². The van der Waals surface area contributed by atoms with Crippen molar-refractivity contribution in [3.8, 4) is 0 Å². The molecule has 0 unspecified atom stereocenters. The maximum Gasteiger partial charge on any atom is 0.142 e. The first-order chi connectivity index (χ1) is 6.31. The van der Waals surface area contributed by atoms with Gasteiger partial charge in [0.05, 0.1) is 12.8 Å². The highest BCUT2D eigenvalue weighted by molar-refractivity contribution is 5.48. The lowest BCUT2D eigenvalue weighted by atomic mass is 10.1. The lowest BCUT2D eigenvalue weighted by Gasteiger charge is -2.33. The smallest absolute Gasteiger partial charge is 0.142 e. The van der Waals surface area contributed by atoms with Crippen molar-refractivity contribution in [1.82, 2.24) is 4.98 Å². The number of pyridine rings is 1. The minimum atomic E-state index is -0.395. The van der Waals surface area contributed by atoms with E-state index in [0.29, 0.717) is 5.56 Å². The lowest BCUT2D eigenvalue weighted by Crippen LogP contribution is -2.38. The Morgan fingerprint density at radius 2 is 2.31 bits per heavy atom. The van der Waals surface area contributed by atoms with Gasteiger partial charge in [-0.2, -0.15) is 0 Å². The van der Waals surface area contributed by atoms with Gasteiger partial charge in [-0.15, -0.1) is 0 Å². The fourth-order valence-electron chi connectivity index (χ4n) is 1.40. The first kappa shape index (κ1) is 8.44. The third-order valence-corrected chi connectivity index (χ3v) is 2.24. The number of nitrogens with zero attached hydrogens (tertiary/aromatic N) is 2. The van der Waals surface area contributed by atoms with Crippen molar-refractivity contribution in [2.24, 2.45) is 0 Å². The summed E-state index contributed by atoms with van der Waals surface area (Å²) in [7, 11) is 0. The largest absolute Gasteiger partial charge is 0.392 e. The first-order valence-corrected chi connectivity index (χ1v) is 4.31. The highest BCUT2D eigenvalue weighted by Gasteiger charge is 2.18. The molecule has 1 fully saturated rings. The second kappa shape index (κ2) is 3.30. The van der Waals surface area contributed by atoms with Crippen LogP contribution in [0.4, 0.5) is 10.2 Å². The number of rotatable bonds is 2. The molecule has 1 N–H and O–H groups in total. The Bertz CT molecular complexity index is 312. The van der Waals surface area contributed by atoms with Gasteiger partial charge in [0.15, 0.2) is 0 Å². The van der Waals surface area contributed by atoms with E-state index in [0.717, 1.165) is 25.3 Å². The van der Waals surface area contributed by atoms with Crippen LogP contribution in [0.25, 0.3) is 0 Å². The molecule has 0 radical (unpaired) electrons. The third-order valence-electron chi connectivity index (χ3n) is 2.24. The summed E-state index contributed by atoms with van der Waals surface area (Å²) < 4.78 is 12.7. The number of halogens is 1.